The number of benzene rings is 4. The average Bonchev–Trinajstić information content (AvgIpc) is 3.70. The molecule has 4 aromatic carbocycles. The first-order valence-corrected chi connectivity index (χ1v) is 18.5. The Balaban J connectivity index is 1.29. The summed E-state index contributed by atoms with van der Waals surface area (Å²) in [6, 6.07) is 29.6. The van der Waals surface area contributed by atoms with Gasteiger partial charge in [0.05, 0.1) is 18.2 Å². The van der Waals surface area contributed by atoms with Crippen LogP contribution in [0.4, 0.5) is 5.13 Å². The van der Waals surface area contributed by atoms with Crippen LogP contribution in [0.1, 0.15) is 65.6 Å². The predicted octanol–water partition coefficient (Wildman–Crippen LogP) is 9.22. The number of ether oxygens (including phenoxy) is 2. The van der Waals surface area contributed by atoms with Crippen LogP contribution < -0.4 is 14.4 Å². The summed E-state index contributed by atoms with van der Waals surface area (Å²) in [7, 11) is 0. The van der Waals surface area contributed by atoms with Crippen LogP contribution >= 0.6 is 23.1 Å². The molecule has 1 amide bonds. The summed E-state index contributed by atoms with van der Waals surface area (Å²) in [5, 5.41) is 20.6. The molecule has 1 saturated heterocycles. The van der Waals surface area contributed by atoms with E-state index in [0.717, 1.165) is 36.0 Å². The minimum Gasteiger partial charge on any atom is -0.507 e. The van der Waals surface area contributed by atoms with E-state index in [1.54, 1.807) is 24.3 Å². The zero-order chi connectivity index (χ0) is 35.0. The second-order valence-electron chi connectivity index (χ2n) is 12.2. The Hall–Kier alpha value is -4.93. The van der Waals surface area contributed by atoms with Crippen molar-refractivity contribution in [1.29, 1.82) is 0 Å². The van der Waals surface area contributed by atoms with E-state index < -0.39 is 17.7 Å². The lowest BCUT2D eigenvalue weighted by Gasteiger charge is -2.22. The van der Waals surface area contributed by atoms with Gasteiger partial charge in [0.15, 0.2) is 4.34 Å². The zero-order valence-electron chi connectivity index (χ0n) is 28.3. The summed E-state index contributed by atoms with van der Waals surface area (Å²) >= 11 is 2.75. The quantitative estimate of drug-likeness (QED) is 0.0305. The highest BCUT2D eigenvalue weighted by Crippen LogP contribution is 2.44. The number of unbranched alkanes of at least 4 members (excludes halogenated alkanes) is 2. The number of carbonyl (C=O) groups excluding carboxylic acids is 2. The van der Waals surface area contributed by atoms with Crippen LogP contribution in [0.3, 0.4) is 0 Å². The average molecular weight is 706 g/mol. The molecule has 1 N–H and O–H groups in total. The molecule has 50 heavy (non-hydrogen) atoms. The van der Waals surface area contributed by atoms with Crippen molar-refractivity contribution in [3.8, 4) is 11.5 Å². The van der Waals surface area contributed by atoms with Crippen LogP contribution in [-0.2, 0) is 21.9 Å². The fraction of sp³-hybridized carbons (Fsp3) is 0.250. The Morgan fingerprint density at radius 3 is 2.28 bits per heavy atom. The van der Waals surface area contributed by atoms with E-state index in [1.165, 1.54) is 33.6 Å². The van der Waals surface area contributed by atoms with Gasteiger partial charge < -0.3 is 14.6 Å². The fourth-order valence-electron chi connectivity index (χ4n) is 5.65. The molecule has 0 saturated carbocycles. The molecule has 0 bridgehead atoms. The summed E-state index contributed by atoms with van der Waals surface area (Å²) in [5.41, 5.74) is 5.52. The maximum absolute atomic E-state index is 13.7. The molecule has 0 aliphatic carbocycles. The van der Waals surface area contributed by atoms with Crippen LogP contribution in [0.2, 0.25) is 0 Å². The van der Waals surface area contributed by atoms with Crippen molar-refractivity contribution >= 4 is 45.7 Å². The number of thioether (sulfide) groups is 1. The van der Waals surface area contributed by atoms with Gasteiger partial charge in [0, 0.05) is 11.3 Å². The molecule has 6 rings (SSSR count). The highest BCUT2D eigenvalue weighted by Gasteiger charge is 2.48. The highest BCUT2D eigenvalue weighted by molar-refractivity contribution is 8.00. The fourth-order valence-corrected chi connectivity index (χ4v) is 7.48. The van der Waals surface area contributed by atoms with Crippen LogP contribution in [0.25, 0.3) is 5.76 Å². The molecule has 2 heterocycles. The van der Waals surface area contributed by atoms with E-state index in [2.05, 4.69) is 47.5 Å². The van der Waals surface area contributed by atoms with E-state index in [1.807, 2.05) is 56.3 Å². The summed E-state index contributed by atoms with van der Waals surface area (Å²) in [6.07, 6.45) is 3.14. The van der Waals surface area contributed by atoms with Gasteiger partial charge in [-0.15, -0.1) is 10.2 Å². The Kier molecular flexibility index (Phi) is 11.3. The Morgan fingerprint density at radius 2 is 1.56 bits per heavy atom. The van der Waals surface area contributed by atoms with Crippen LogP contribution in [0.15, 0.2) is 107 Å². The number of ketones is 1. The molecule has 1 unspecified atom stereocenters. The molecule has 0 radical (unpaired) electrons. The van der Waals surface area contributed by atoms with Gasteiger partial charge in [0.1, 0.15) is 23.9 Å². The van der Waals surface area contributed by atoms with Crippen LogP contribution in [-0.4, -0.2) is 33.6 Å². The Labute approximate surface area is 300 Å². The third kappa shape index (κ3) is 8.26. The van der Waals surface area contributed by atoms with E-state index in [0.29, 0.717) is 45.9 Å². The SMILES string of the molecule is CCCCCOc1ccc(C2/C(=C(\O)c3ccc(OCc4cccc(C)c4)cc3)C(=O)C(=O)N2c2nnc(SCc3ccc(C)cc3)s2)cc1. The van der Waals surface area contributed by atoms with E-state index >= 15 is 0 Å². The van der Waals surface area contributed by atoms with Crippen LogP contribution in [0, 0.1) is 13.8 Å². The van der Waals surface area contributed by atoms with Gasteiger partial charge in [-0.2, -0.15) is 0 Å². The van der Waals surface area contributed by atoms with Gasteiger partial charge in [0.2, 0.25) is 5.13 Å². The number of hydrogen-bond acceptors (Lipinski definition) is 9. The molecular weight excluding hydrogens is 667 g/mol. The monoisotopic (exact) mass is 705 g/mol. The number of nitrogens with zero attached hydrogens (tertiary/aromatic N) is 3. The first-order chi connectivity index (χ1) is 24.3. The number of aromatic nitrogens is 2. The topological polar surface area (TPSA) is 102 Å². The smallest absolute Gasteiger partial charge is 0.301 e. The van der Waals surface area contributed by atoms with Gasteiger partial charge in [0.25, 0.3) is 5.78 Å². The molecule has 1 aromatic heterocycles. The first kappa shape index (κ1) is 34.9. The maximum Gasteiger partial charge on any atom is 0.301 e. The number of hydrogen-bond donors (Lipinski definition) is 1. The molecule has 8 nitrogen and oxygen atoms in total. The number of anilines is 1. The van der Waals surface area contributed by atoms with Crippen LogP contribution in [0.5, 0.6) is 11.5 Å². The van der Waals surface area contributed by atoms with Crippen molar-refractivity contribution in [1.82, 2.24) is 10.2 Å². The van der Waals surface area contributed by atoms with Gasteiger partial charge in [-0.25, -0.2) is 0 Å². The van der Waals surface area contributed by atoms with Gasteiger partial charge in [-0.3, -0.25) is 14.5 Å². The van der Waals surface area contributed by atoms with E-state index in [9.17, 15) is 14.7 Å². The number of amides is 1. The van der Waals surface area contributed by atoms with Gasteiger partial charge >= 0.3 is 5.91 Å². The van der Waals surface area contributed by atoms with E-state index in [4.69, 9.17) is 9.47 Å². The van der Waals surface area contributed by atoms with Crippen molar-refractivity contribution in [2.45, 2.75) is 62.8 Å². The second-order valence-corrected chi connectivity index (χ2v) is 14.4. The Bertz CT molecular complexity index is 1970. The zero-order valence-corrected chi connectivity index (χ0v) is 29.9. The predicted molar refractivity (Wildman–Crippen MR) is 199 cm³/mol. The molecule has 1 aliphatic rings. The van der Waals surface area contributed by atoms with Crippen molar-refractivity contribution in [2.24, 2.45) is 0 Å². The van der Waals surface area contributed by atoms with Crippen molar-refractivity contribution < 1.29 is 24.2 Å². The number of Topliss-reactive ketones (excluding diaryl/α,β-unsaturated/α-hetero) is 1. The number of rotatable bonds is 14. The van der Waals surface area contributed by atoms with E-state index in [-0.39, 0.29) is 16.5 Å². The summed E-state index contributed by atoms with van der Waals surface area (Å²) in [6.45, 7) is 7.21. The largest absolute Gasteiger partial charge is 0.507 e. The Morgan fingerprint density at radius 1 is 0.840 bits per heavy atom. The maximum atomic E-state index is 13.7. The third-order valence-electron chi connectivity index (χ3n) is 8.36. The van der Waals surface area contributed by atoms with Crippen molar-refractivity contribution in [2.75, 3.05) is 11.5 Å². The van der Waals surface area contributed by atoms with Crippen molar-refractivity contribution in [3.63, 3.8) is 0 Å². The molecule has 10 heteroatoms. The summed E-state index contributed by atoms with van der Waals surface area (Å²) in [5.74, 6) is 0.131. The molecule has 5 aromatic rings. The normalized spacial score (nSPS) is 15.4. The van der Waals surface area contributed by atoms with Gasteiger partial charge in [-0.05, 0) is 73.4 Å². The number of aryl methyl sites for hydroxylation is 2. The lowest BCUT2D eigenvalue weighted by atomic mass is 9.95. The number of aliphatic hydroxyl groups is 1. The first-order valence-electron chi connectivity index (χ1n) is 16.6. The molecular formula is C40H39N3O5S2. The minimum absolute atomic E-state index is 0.0240. The summed E-state index contributed by atoms with van der Waals surface area (Å²) in [4.78, 5) is 28.8. The summed E-state index contributed by atoms with van der Waals surface area (Å²) < 4.78 is 12.5. The lowest BCUT2D eigenvalue weighted by Crippen LogP contribution is -2.29. The molecule has 1 fully saturated rings. The number of carbonyl (C=O) groups is 2. The minimum atomic E-state index is -0.927. The molecule has 0 spiro atoms. The number of aliphatic hydroxyl groups excluding tert-OH is 1. The standard InChI is InChI=1S/C40H39N3O5S2/c1-4-5-6-22-47-32-18-14-30(15-19-32)35-34(36(44)31-16-20-33(21-17-31)48-24-29-9-7-8-27(3)23-29)37(45)38(46)43(35)39-41-42-40(50-39)49-25-28-12-10-26(2)11-13-28/h7-21,23,35,44H,4-6,22,24-25H2,1-3H3/b36-34+. The molecule has 1 aliphatic heterocycles. The second kappa shape index (κ2) is 16.2. The van der Waals surface area contributed by atoms with Gasteiger partial charge in [-0.1, -0.05) is 115 Å². The highest BCUT2D eigenvalue weighted by atomic mass is 32.2. The molecule has 256 valence electrons. The lowest BCUT2D eigenvalue weighted by molar-refractivity contribution is -0.132. The molecule has 1 atom stereocenters. The third-order valence-corrected chi connectivity index (χ3v) is 10.5. The van der Waals surface area contributed by atoms with Crippen molar-refractivity contribution in [3.05, 3.63) is 136 Å².